The predicted molar refractivity (Wildman–Crippen MR) is 91.1 cm³/mol. The highest BCUT2D eigenvalue weighted by Crippen LogP contribution is 2.12. The van der Waals surface area contributed by atoms with E-state index in [0.29, 0.717) is 37.3 Å². The van der Waals surface area contributed by atoms with Gasteiger partial charge in [0.25, 0.3) is 5.56 Å². The monoisotopic (exact) mass is 338 g/mol. The van der Waals surface area contributed by atoms with Crippen molar-refractivity contribution in [3.63, 3.8) is 0 Å². The number of nitrogens with one attached hydrogen (secondary N) is 1. The van der Waals surface area contributed by atoms with Gasteiger partial charge in [0.1, 0.15) is 12.6 Å². The summed E-state index contributed by atoms with van der Waals surface area (Å²) < 4.78 is 8.24. The average molecular weight is 338 g/mol. The van der Waals surface area contributed by atoms with Gasteiger partial charge in [-0.15, -0.1) is 0 Å². The zero-order valence-electron chi connectivity index (χ0n) is 14.8. The molecule has 0 aliphatic carbocycles. The molecule has 0 spiro atoms. The lowest BCUT2D eigenvalue weighted by Crippen LogP contribution is -2.36. The first-order valence-corrected chi connectivity index (χ1v) is 8.24. The van der Waals surface area contributed by atoms with Gasteiger partial charge in [-0.3, -0.25) is 18.9 Å². The number of aromatic amines is 1. The van der Waals surface area contributed by atoms with Gasteiger partial charge in [-0.05, 0) is 47.0 Å². The van der Waals surface area contributed by atoms with Gasteiger partial charge in [0, 0.05) is 13.2 Å². The number of fused-ring (bicyclic) bond motifs is 1. The van der Waals surface area contributed by atoms with E-state index in [2.05, 4.69) is 9.97 Å². The van der Waals surface area contributed by atoms with E-state index in [0.717, 1.165) is 6.42 Å². The molecular weight excluding hydrogens is 312 g/mol. The molecule has 0 unspecified atom stereocenters. The van der Waals surface area contributed by atoms with E-state index in [1.807, 2.05) is 6.92 Å². The molecule has 0 amide bonds. The zero-order chi connectivity index (χ0) is 17.9. The maximum atomic E-state index is 12.7. The fourth-order valence-corrected chi connectivity index (χ4v) is 2.63. The molecule has 2 aromatic rings. The number of imidazole rings is 1. The lowest BCUT2D eigenvalue weighted by Gasteiger charge is -2.16. The molecule has 0 atom stereocenters. The SMILES string of the molecule is CCOCn1c(C)nc2[nH]c(=O)n(CCCCC(C)(C)O)c(=O)c21. The Hall–Kier alpha value is -1.93. The van der Waals surface area contributed by atoms with E-state index in [1.54, 1.807) is 25.3 Å². The molecule has 8 nitrogen and oxygen atoms in total. The highest BCUT2D eigenvalue weighted by atomic mass is 16.5. The number of aryl methyl sites for hydroxylation is 1. The first-order chi connectivity index (χ1) is 11.2. The Kier molecular flexibility index (Phi) is 5.61. The van der Waals surface area contributed by atoms with E-state index in [9.17, 15) is 14.7 Å². The molecule has 2 aromatic heterocycles. The molecule has 0 saturated carbocycles. The molecule has 0 aliphatic heterocycles. The molecule has 24 heavy (non-hydrogen) atoms. The lowest BCUT2D eigenvalue weighted by atomic mass is 10.0. The van der Waals surface area contributed by atoms with Gasteiger partial charge in [0.15, 0.2) is 11.2 Å². The average Bonchev–Trinajstić information content (AvgIpc) is 2.78. The molecule has 134 valence electrons. The van der Waals surface area contributed by atoms with Crippen LogP contribution in [0, 0.1) is 6.92 Å². The van der Waals surface area contributed by atoms with Crippen LogP contribution in [0.1, 0.15) is 45.9 Å². The molecule has 8 heteroatoms. The second-order valence-electron chi connectivity index (χ2n) is 6.56. The van der Waals surface area contributed by atoms with Crippen molar-refractivity contribution in [1.82, 2.24) is 19.1 Å². The van der Waals surface area contributed by atoms with Crippen molar-refractivity contribution < 1.29 is 9.84 Å². The second-order valence-corrected chi connectivity index (χ2v) is 6.56. The third-order valence-corrected chi connectivity index (χ3v) is 3.92. The van der Waals surface area contributed by atoms with E-state index in [1.165, 1.54) is 4.57 Å². The molecule has 0 bridgehead atoms. The van der Waals surface area contributed by atoms with Crippen LogP contribution >= 0.6 is 0 Å². The van der Waals surface area contributed by atoms with Crippen molar-refractivity contribution in [1.29, 1.82) is 0 Å². The Bertz CT molecular complexity index is 810. The van der Waals surface area contributed by atoms with Crippen LogP contribution in [0.25, 0.3) is 11.2 Å². The topological polar surface area (TPSA) is 102 Å². The summed E-state index contributed by atoms with van der Waals surface area (Å²) in [6.07, 6.45) is 1.98. The molecule has 0 radical (unpaired) electrons. The van der Waals surface area contributed by atoms with Crippen molar-refractivity contribution in [2.75, 3.05) is 6.61 Å². The second kappa shape index (κ2) is 7.31. The molecule has 2 heterocycles. The van der Waals surface area contributed by atoms with Crippen LogP contribution in [0.2, 0.25) is 0 Å². The van der Waals surface area contributed by atoms with E-state index >= 15 is 0 Å². The highest BCUT2D eigenvalue weighted by molar-refractivity contribution is 5.70. The smallest absolute Gasteiger partial charge is 0.330 e. The minimum atomic E-state index is -0.742. The Morgan fingerprint density at radius 1 is 1.25 bits per heavy atom. The standard InChI is InChI=1S/C16H26N4O4/c1-5-24-10-20-11(2)17-13-12(20)14(21)19(15(22)18-13)9-7-6-8-16(3,4)23/h23H,5-10H2,1-4H3,(H,18,22). The summed E-state index contributed by atoms with van der Waals surface area (Å²) in [5.74, 6) is 0.617. The van der Waals surface area contributed by atoms with Gasteiger partial charge in [-0.2, -0.15) is 0 Å². The summed E-state index contributed by atoms with van der Waals surface area (Å²) in [5.41, 5.74) is -0.929. The van der Waals surface area contributed by atoms with Crippen molar-refractivity contribution in [2.45, 2.75) is 65.8 Å². The molecule has 2 rings (SSSR count). The molecule has 0 saturated heterocycles. The van der Waals surface area contributed by atoms with Gasteiger partial charge < -0.3 is 9.84 Å². The summed E-state index contributed by atoms with van der Waals surface area (Å²) in [6.45, 7) is 8.17. The Balaban J connectivity index is 2.30. The van der Waals surface area contributed by atoms with Crippen molar-refractivity contribution >= 4 is 11.2 Å². The summed E-state index contributed by atoms with van der Waals surface area (Å²) in [7, 11) is 0. The Labute approximate surface area is 140 Å². The minimum absolute atomic E-state index is 0.221. The van der Waals surface area contributed by atoms with Gasteiger partial charge in [-0.1, -0.05) is 0 Å². The number of hydrogen-bond acceptors (Lipinski definition) is 5. The van der Waals surface area contributed by atoms with Gasteiger partial charge in [0.05, 0.1) is 5.60 Å². The number of hydrogen-bond donors (Lipinski definition) is 2. The van der Waals surface area contributed by atoms with Crippen LogP contribution < -0.4 is 11.2 Å². The van der Waals surface area contributed by atoms with Crippen LogP contribution in [-0.4, -0.2) is 36.4 Å². The van der Waals surface area contributed by atoms with Crippen LogP contribution in [0.15, 0.2) is 9.59 Å². The summed E-state index contributed by atoms with van der Waals surface area (Å²) in [4.78, 5) is 31.8. The highest BCUT2D eigenvalue weighted by Gasteiger charge is 2.16. The first-order valence-electron chi connectivity index (χ1n) is 8.24. The number of aromatic nitrogens is 4. The quantitative estimate of drug-likeness (QED) is 0.703. The number of unbranched alkanes of at least 4 members (excludes halogenated alkanes) is 1. The van der Waals surface area contributed by atoms with Gasteiger partial charge in [-0.25, -0.2) is 9.78 Å². The fourth-order valence-electron chi connectivity index (χ4n) is 2.63. The maximum Gasteiger partial charge on any atom is 0.330 e. The predicted octanol–water partition coefficient (Wildman–Crippen LogP) is 1.13. The van der Waals surface area contributed by atoms with E-state index in [-0.39, 0.29) is 17.9 Å². The first kappa shape index (κ1) is 18.4. The molecule has 2 N–H and O–H groups in total. The third-order valence-electron chi connectivity index (χ3n) is 3.92. The summed E-state index contributed by atoms with van der Waals surface area (Å²) in [5, 5.41) is 9.73. The lowest BCUT2D eigenvalue weighted by molar-refractivity contribution is 0.0678. The van der Waals surface area contributed by atoms with E-state index in [4.69, 9.17) is 4.74 Å². The zero-order valence-corrected chi connectivity index (χ0v) is 14.8. The molecular formula is C16H26N4O4. The number of nitrogens with zero attached hydrogens (tertiary/aromatic N) is 3. The third kappa shape index (κ3) is 4.12. The van der Waals surface area contributed by atoms with Crippen LogP contribution in [0.4, 0.5) is 0 Å². The number of rotatable bonds is 8. The number of H-pyrrole nitrogens is 1. The van der Waals surface area contributed by atoms with Crippen molar-refractivity contribution in [3.8, 4) is 0 Å². The fraction of sp³-hybridized carbons (Fsp3) is 0.688. The van der Waals surface area contributed by atoms with E-state index < -0.39 is 11.3 Å². The normalized spacial score (nSPS) is 12.2. The van der Waals surface area contributed by atoms with Gasteiger partial charge in [0.2, 0.25) is 0 Å². The minimum Gasteiger partial charge on any atom is -0.390 e. The largest absolute Gasteiger partial charge is 0.390 e. The molecule has 0 aliphatic rings. The van der Waals surface area contributed by atoms with Crippen LogP contribution in [-0.2, 0) is 18.0 Å². The van der Waals surface area contributed by atoms with Crippen molar-refractivity contribution in [3.05, 3.63) is 26.7 Å². The summed E-state index contributed by atoms with van der Waals surface area (Å²) >= 11 is 0. The van der Waals surface area contributed by atoms with Gasteiger partial charge >= 0.3 is 5.69 Å². The number of ether oxygens (including phenoxy) is 1. The van der Waals surface area contributed by atoms with Crippen LogP contribution in [0.5, 0.6) is 0 Å². The van der Waals surface area contributed by atoms with Crippen molar-refractivity contribution in [2.24, 2.45) is 0 Å². The summed E-state index contributed by atoms with van der Waals surface area (Å²) in [6, 6.07) is 0. The Morgan fingerprint density at radius 2 is 1.96 bits per heavy atom. The molecule has 0 aromatic carbocycles. The Morgan fingerprint density at radius 3 is 2.58 bits per heavy atom. The number of aliphatic hydroxyl groups is 1. The molecule has 0 fully saturated rings. The van der Waals surface area contributed by atoms with Crippen LogP contribution in [0.3, 0.4) is 0 Å². The maximum absolute atomic E-state index is 12.7.